The fraction of sp³-hybridized carbons (Fsp3) is 0.136. The molecular formula is C22H20FeOS-6. The molecule has 0 bridgehead atoms. The van der Waals surface area contributed by atoms with Crippen LogP contribution in [0.3, 0.4) is 0 Å². The zero-order valence-corrected chi connectivity index (χ0v) is 16.2. The molecule has 0 saturated carbocycles. The number of rotatable bonds is 2. The Morgan fingerprint density at radius 3 is 2.20 bits per heavy atom. The van der Waals surface area contributed by atoms with Gasteiger partial charge in [-0.1, -0.05) is 37.2 Å². The summed E-state index contributed by atoms with van der Waals surface area (Å²) in [7, 11) is 0. The van der Waals surface area contributed by atoms with Crippen molar-refractivity contribution in [1.29, 1.82) is 0 Å². The normalized spacial score (nSPS) is 9.04. The second kappa shape index (κ2) is 11.6. The molecule has 0 fully saturated rings. The number of carbonyl (C=O) groups excluding carboxylic acids is 1. The van der Waals surface area contributed by atoms with Gasteiger partial charge in [0.2, 0.25) is 0 Å². The SMILES string of the molecule is CC(=O)Sc1ccc(C#C[c-]2[cH-][cH-][cH-][cH-]2)cc1.CC[c-]1cccc1.[Fe]. The summed E-state index contributed by atoms with van der Waals surface area (Å²) in [6.45, 7) is 3.73. The molecule has 0 heterocycles. The minimum atomic E-state index is 0. The largest absolute Gasteiger partial charge is 0.759 e. The number of hydrogen-bond acceptors (Lipinski definition) is 2. The third-order valence-corrected chi connectivity index (χ3v) is 4.07. The Labute approximate surface area is 165 Å². The molecule has 0 atom stereocenters. The van der Waals surface area contributed by atoms with Crippen LogP contribution in [0.1, 0.15) is 30.5 Å². The molecule has 3 aromatic carbocycles. The van der Waals surface area contributed by atoms with E-state index in [0.29, 0.717) is 0 Å². The van der Waals surface area contributed by atoms with Gasteiger partial charge in [0.1, 0.15) is 0 Å². The molecule has 0 unspecified atom stereocenters. The van der Waals surface area contributed by atoms with Crippen molar-refractivity contribution < 1.29 is 21.9 Å². The summed E-state index contributed by atoms with van der Waals surface area (Å²) >= 11 is 1.24. The molecule has 0 aliphatic rings. The molecule has 0 radical (unpaired) electrons. The van der Waals surface area contributed by atoms with Crippen molar-refractivity contribution in [3.8, 4) is 11.8 Å². The fourth-order valence-electron chi connectivity index (χ4n) is 2.02. The van der Waals surface area contributed by atoms with Crippen LogP contribution in [-0.2, 0) is 28.3 Å². The standard InChI is InChI=1S/C15H11OS.C7H9.Fe/c1-12(16)17-15-10-8-14(9-11-15)7-6-13-4-2-3-5-13;1-2-7-5-3-4-6-7;/h2-5,8-11H,1H3;3-6H,2H2,1H3;/q-5;-1;. The maximum atomic E-state index is 10.9. The smallest absolute Gasteiger partial charge is 0.190 e. The molecule has 0 aliphatic carbocycles. The molecule has 0 spiro atoms. The molecule has 3 rings (SSSR count). The van der Waals surface area contributed by atoms with E-state index in [1.54, 1.807) is 6.92 Å². The maximum Gasteiger partial charge on any atom is 0.190 e. The van der Waals surface area contributed by atoms with Gasteiger partial charge in [-0.25, -0.2) is 12.1 Å². The van der Waals surface area contributed by atoms with Crippen molar-refractivity contribution >= 4 is 16.9 Å². The molecular weight excluding hydrogens is 368 g/mol. The topological polar surface area (TPSA) is 17.1 Å². The van der Waals surface area contributed by atoms with Gasteiger partial charge in [0.15, 0.2) is 5.12 Å². The zero-order chi connectivity index (χ0) is 17.2. The van der Waals surface area contributed by atoms with E-state index in [-0.39, 0.29) is 22.2 Å². The summed E-state index contributed by atoms with van der Waals surface area (Å²) in [6.07, 6.45) is 1.16. The first-order chi connectivity index (χ1) is 11.7. The van der Waals surface area contributed by atoms with Crippen molar-refractivity contribution in [2.24, 2.45) is 0 Å². The minimum Gasteiger partial charge on any atom is -0.759 e. The Balaban J connectivity index is 0.000000330. The van der Waals surface area contributed by atoms with Gasteiger partial charge in [0.05, 0.1) is 0 Å². The molecule has 0 N–H and O–H groups in total. The number of thioether (sulfide) groups is 1. The van der Waals surface area contributed by atoms with Crippen LogP contribution in [0.25, 0.3) is 0 Å². The molecule has 25 heavy (non-hydrogen) atoms. The van der Waals surface area contributed by atoms with Crippen molar-refractivity contribution in [3.05, 3.63) is 89.5 Å². The number of hydrogen-bond donors (Lipinski definition) is 0. The van der Waals surface area contributed by atoms with Crippen molar-refractivity contribution in [2.45, 2.75) is 25.2 Å². The first-order valence-corrected chi connectivity index (χ1v) is 8.72. The molecule has 0 aliphatic heterocycles. The van der Waals surface area contributed by atoms with E-state index in [9.17, 15) is 4.79 Å². The molecule has 134 valence electrons. The summed E-state index contributed by atoms with van der Waals surface area (Å²) in [5, 5.41) is 0.0978. The van der Waals surface area contributed by atoms with E-state index in [1.165, 1.54) is 17.3 Å². The molecule has 0 saturated heterocycles. The van der Waals surface area contributed by atoms with Crippen LogP contribution in [-0.4, -0.2) is 5.12 Å². The van der Waals surface area contributed by atoms with E-state index in [4.69, 9.17) is 0 Å². The first kappa shape index (κ1) is 21.1. The number of carbonyl (C=O) groups is 1. The van der Waals surface area contributed by atoms with E-state index >= 15 is 0 Å². The number of aryl methyl sites for hydroxylation is 1. The van der Waals surface area contributed by atoms with Crippen molar-refractivity contribution in [2.75, 3.05) is 0 Å². The van der Waals surface area contributed by atoms with Gasteiger partial charge in [-0.05, 0) is 12.1 Å². The predicted molar refractivity (Wildman–Crippen MR) is 102 cm³/mol. The van der Waals surface area contributed by atoms with E-state index < -0.39 is 0 Å². The van der Waals surface area contributed by atoms with Crippen LogP contribution in [0, 0.1) is 11.8 Å². The van der Waals surface area contributed by atoms with Crippen molar-refractivity contribution in [1.82, 2.24) is 0 Å². The van der Waals surface area contributed by atoms with Crippen LogP contribution in [0.5, 0.6) is 0 Å². The molecule has 0 aromatic heterocycles. The third-order valence-electron chi connectivity index (χ3n) is 3.27. The summed E-state index contributed by atoms with van der Waals surface area (Å²) in [5.74, 6) is 6.16. The van der Waals surface area contributed by atoms with Gasteiger partial charge in [-0.2, -0.15) is 23.3 Å². The van der Waals surface area contributed by atoms with Crippen LogP contribution < -0.4 is 0 Å². The van der Waals surface area contributed by atoms with Gasteiger partial charge in [-0.15, -0.1) is 0 Å². The summed E-state index contributed by atoms with van der Waals surface area (Å²) in [5.41, 5.74) is 3.41. The minimum absolute atomic E-state index is 0. The first-order valence-electron chi connectivity index (χ1n) is 7.90. The van der Waals surface area contributed by atoms with E-state index in [0.717, 1.165) is 22.4 Å². The molecule has 0 amide bonds. The average molecular weight is 388 g/mol. The Hall–Kier alpha value is -1.98. The second-order valence-electron chi connectivity index (χ2n) is 5.19. The molecule has 1 nitrogen and oxygen atoms in total. The predicted octanol–water partition coefficient (Wildman–Crippen LogP) is 5.41. The van der Waals surface area contributed by atoms with Crippen LogP contribution in [0.2, 0.25) is 0 Å². The third kappa shape index (κ3) is 8.09. The quantitative estimate of drug-likeness (QED) is 0.253. The number of benzene rings is 1. The van der Waals surface area contributed by atoms with Gasteiger partial charge in [0.25, 0.3) is 0 Å². The van der Waals surface area contributed by atoms with Gasteiger partial charge in [-0.3, -0.25) is 4.79 Å². The van der Waals surface area contributed by atoms with Crippen LogP contribution in [0.4, 0.5) is 0 Å². The van der Waals surface area contributed by atoms with Crippen LogP contribution >= 0.6 is 11.8 Å². The fourth-order valence-corrected chi connectivity index (χ4v) is 2.63. The van der Waals surface area contributed by atoms with E-state index in [1.807, 2.05) is 48.5 Å². The monoisotopic (exact) mass is 388 g/mol. The molecule has 3 heteroatoms. The summed E-state index contributed by atoms with van der Waals surface area (Å²) in [6, 6.07) is 24.0. The van der Waals surface area contributed by atoms with Gasteiger partial charge in [0, 0.05) is 28.9 Å². The summed E-state index contributed by atoms with van der Waals surface area (Å²) < 4.78 is 0. The average Bonchev–Trinajstić information content (AvgIpc) is 3.28. The van der Waals surface area contributed by atoms with E-state index in [2.05, 4.69) is 43.0 Å². The Bertz CT molecular complexity index is 788. The molecule has 3 aromatic rings. The Morgan fingerprint density at radius 1 is 1.12 bits per heavy atom. The maximum absolute atomic E-state index is 10.9. The van der Waals surface area contributed by atoms with Crippen LogP contribution in [0.15, 0.2) is 77.7 Å². The van der Waals surface area contributed by atoms with Gasteiger partial charge >= 0.3 is 0 Å². The summed E-state index contributed by atoms with van der Waals surface area (Å²) in [4.78, 5) is 11.9. The zero-order valence-electron chi connectivity index (χ0n) is 14.3. The van der Waals surface area contributed by atoms with Crippen molar-refractivity contribution in [3.63, 3.8) is 0 Å². The second-order valence-corrected chi connectivity index (χ2v) is 6.44. The van der Waals surface area contributed by atoms with Gasteiger partial charge < -0.3 is 41.7 Å². The Morgan fingerprint density at radius 2 is 1.72 bits per heavy atom. The Kier molecular flexibility index (Phi) is 9.73.